The zero-order chi connectivity index (χ0) is 15.0. The molecular formula is C19H25NO2. The minimum atomic E-state index is 0.124. The molecule has 4 bridgehead atoms. The fourth-order valence-corrected chi connectivity index (χ4v) is 5.40. The Balaban J connectivity index is 1.29. The van der Waals surface area contributed by atoms with Gasteiger partial charge in [-0.05, 0) is 68.4 Å². The third kappa shape index (κ3) is 2.86. The van der Waals surface area contributed by atoms with Crippen molar-refractivity contribution in [2.75, 3.05) is 6.61 Å². The zero-order valence-corrected chi connectivity index (χ0v) is 13.1. The second-order valence-electron chi connectivity index (χ2n) is 7.66. The topological polar surface area (TPSA) is 38.3 Å². The van der Waals surface area contributed by atoms with Gasteiger partial charge in [-0.3, -0.25) is 4.79 Å². The lowest BCUT2D eigenvalue weighted by Crippen LogP contribution is -2.59. The smallest absolute Gasteiger partial charge is 0.223 e. The van der Waals surface area contributed by atoms with E-state index in [1.165, 1.54) is 38.5 Å². The molecular weight excluding hydrogens is 274 g/mol. The van der Waals surface area contributed by atoms with Gasteiger partial charge in [0.15, 0.2) is 0 Å². The summed E-state index contributed by atoms with van der Waals surface area (Å²) in [5, 5.41) is 3.39. The maximum absolute atomic E-state index is 12.3. The summed E-state index contributed by atoms with van der Waals surface area (Å²) in [6, 6.07) is 9.72. The molecule has 0 saturated heterocycles. The van der Waals surface area contributed by atoms with Crippen molar-refractivity contribution in [2.45, 2.75) is 50.5 Å². The van der Waals surface area contributed by atoms with Crippen LogP contribution in [0.1, 0.15) is 44.9 Å². The Morgan fingerprint density at radius 1 is 1.05 bits per heavy atom. The van der Waals surface area contributed by atoms with Gasteiger partial charge in [-0.25, -0.2) is 0 Å². The lowest BCUT2D eigenvalue weighted by Gasteiger charge is -2.56. The first-order valence-electron chi connectivity index (χ1n) is 8.70. The van der Waals surface area contributed by atoms with E-state index in [0.29, 0.717) is 13.0 Å². The molecule has 1 aromatic carbocycles. The van der Waals surface area contributed by atoms with Crippen LogP contribution in [0.2, 0.25) is 0 Å². The van der Waals surface area contributed by atoms with Gasteiger partial charge < -0.3 is 10.1 Å². The molecule has 0 aliphatic heterocycles. The molecule has 0 aromatic heterocycles. The van der Waals surface area contributed by atoms with Crippen LogP contribution in [0.3, 0.4) is 0 Å². The Bertz CT molecular complexity index is 504. The minimum absolute atomic E-state index is 0.124. The van der Waals surface area contributed by atoms with E-state index < -0.39 is 0 Å². The van der Waals surface area contributed by atoms with Crippen LogP contribution >= 0.6 is 0 Å². The Hall–Kier alpha value is -1.51. The highest BCUT2D eigenvalue weighted by Crippen LogP contribution is 2.55. The summed E-state index contributed by atoms with van der Waals surface area (Å²) in [5.41, 5.74) is 0.124. The first-order chi connectivity index (χ1) is 10.7. The highest BCUT2D eigenvalue weighted by molar-refractivity contribution is 5.77. The van der Waals surface area contributed by atoms with Gasteiger partial charge in [0.25, 0.3) is 0 Å². The van der Waals surface area contributed by atoms with E-state index >= 15 is 0 Å². The Morgan fingerprint density at radius 2 is 1.64 bits per heavy atom. The number of carbonyl (C=O) groups excluding carboxylic acids is 1. The zero-order valence-electron chi connectivity index (χ0n) is 13.1. The molecule has 4 fully saturated rings. The van der Waals surface area contributed by atoms with Crippen LogP contribution in [-0.2, 0) is 4.79 Å². The number of carbonyl (C=O) groups is 1. The number of rotatable bonds is 5. The summed E-state index contributed by atoms with van der Waals surface area (Å²) in [4.78, 5) is 12.3. The molecule has 1 aromatic rings. The van der Waals surface area contributed by atoms with Gasteiger partial charge >= 0.3 is 0 Å². The molecule has 22 heavy (non-hydrogen) atoms. The fraction of sp³-hybridized carbons (Fsp3) is 0.632. The van der Waals surface area contributed by atoms with Crippen molar-refractivity contribution < 1.29 is 9.53 Å². The molecule has 5 rings (SSSR count). The van der Waals surface area contributed by atoms with Gasteiger partial charge in [0, 0.05) is 5.54 Å². The third-order valence-electron chi connectivity index (χ3n) is 5.78. The molecule has 0 heterocycles. The van der Waals surface area contributed by atoms with Gasteiger partial charge in [0.2, 0.25) is 5.91 Å². The number of para-hydroxylation sites is 1. The average molecular weight is 299 g/mol. The van der Waals surface area contributed by atoms with E-state index in [4.69, 9.17) is 4.74 Å². The number of benzene rings is 1. The van der Waals surface area contributed by atoms with Crippen molar-refractivity contribution >= 4 is 5.91 Å². The molecule has 118 valence electrons. The van der Waals surface area contributed by atoms with Gasteiger partial charge in [-0.2, -0.15) is 0 Å². The first kappa shape index (κ1) is 14.1. The molecule has 4 aliphatic carbocycles. The largest absolute Gasteiger partial charge is 0.493 e. The lowest BCUT2D eigenvalue weighted by molar-refractivity contribution is -0.127. The standard InChI is InChI=1S/C19H25NO2/c21-18(6-7-22-17-4-2-1-3-5-17)20-19-11-14-8-15(12-19)10-16(9-14)13-19/h1-5,14-16H,6-13H2,(H,20,21). The van der Waals surface area contributed by atoms with Crippen LogP contribution in [0, 0.1) is 17.8 Å². The maximum Gasteiger partial charge on any atom is 0.223 e. The monoisotopic (exact) mass is 299 g/mol. The van der Waals surface area contributed by atoms with Crippen molar-refractivity contribution in [3.63, 3.8) is 0 Å². The number of nitrogens with one attached hydrogen (secondary N) is 1. The van der Waals surface area contributed by atoms with E-state index in [9.17, 15) is 4.79 Å². The van der Waals surface area contributed by atoms with E-state index in [1.807, 2.05) is 30.3 Å². The highest BCUT2D eigenvalue weighted by atomic mass is 16.5. The predicted molar refractivity (Wildman–Crippen MR) is 85.6 cm³/mol. The van der Waals surface area contributed by atoms with Crippen molar-refractivity contribution in [3.05, 3.63) is 30.3 Å². The van der Waals surface area contributed by atoms with Crippen molar-refractivity contribution in [1.82, 2.24) is 5.32 Å². The Labute approximate surface area is 132 Å². The third-order valence-corrected chi connectivity index (χ3v) is 5.78. The molecule has 3 nitrogen and oxygen atoms in total. The SMILES string of the molecule is O=C(CCOc1ccccc1)NC12CC3CC(CC(C3)C1)C2. The quantitative estimate of drug-likeness (QED) is 0.903. The van der Waals surface area contributed by atoms with Gasteiger partial charge in [0.1, 0.15) is 5.75 Å². The summed E-state index contributed by atoms with van der Waals surface area (Å²) in [6.45, 7) is 0.461. The van der Waals surface area contributed by atoms with Crippen LogP contribution in [0.15, 0.2) is 30.3 Å². The van der Waals surface area contributed by atoms with Gasteiger partial charge in [-0.1, -0.05) is 18.2 Å². The molecule has 0 unspecified atom stereocenters. The van der Waals surface area contributed by atoms with Gasteiger partial charge in [-0.15, -0.1) is 0 Å². The fourth-order valence-electron chi connectivity index (χ4n) is 5.40. The molecule has 4 saturated carbocycles. The van der Waals surface area contributed by atoms with E-state index in [2.05, 4.69) is 5.32 Å². The molecule has 4 aliphatic rings. The maximum atomic E-state index is 12.3. The Morgan fingerprint density at radius 3 is 2.23 bits per heavy atom. The van der Waals surface area contributed by atoms with Crippen LogP contribution in [-0.4, -0.2) is 18.1 Å². The summed E-state index contributed by atoms with van der Waals surface area (Å²) < 4.78 is 5.64. The summed E-state index contributed by atoms with van der Waals surface area (Å²) in [6.07, 6.45) is 8.32. The van der Waals surface area contributed by atoms with E-state index in [0.717, 1.165) is 23.5 Å². The predicted octanol–water partition coefficient (Wildman–Crippen LogP) is 3.54. The molecule has 0 radical (unpaired) electrons. The summed E-state index contributed by atoms with van der Waals surface area (Å²) in [5.74, 6) is 3.61. The lowest BCUT2D eigenvalue weighted by atomic mass is 9.53. The first-order valence-corrected chi connectivity index (χ1v) is 8.70. The van der Waals surface area contributed by atoms with E-state index in [-0.39, 0.29) is 11.4 Å². The second kappa shape index (κ2) is 5.60. The van der Waals surface area contributed by atoms with Crippen LogP contribution in [0.5, 0.6) is 5.75 Å². The van der Waals surface area contributed by atoms with Crippen LogP contribution < -0.4 is 10.1 Å². The molecule has 0 spiro atoms. The minimum Gasteiger partial charge on any atom is -0.493 e. The molecule has 3 heteroatoms. The average Bonchev–Trinajstić information content (AvgIpc) is 2.46. The Kier molecular flexibility index (Phi) is 3.59. The van der Waals surface area contributed by atoms with Gasteiger partial charge in [0.05, 0.1) is 13.0 Å². The number of hydrogen-bond donors (Lipinski definition) is 1. The summed E-state index contributed by atoms with van der Waals surface area (Å²) >= 11 is 0. The van der Waals surface area contributed by atoms with E-state index in [1.54, 1.807) is 0 Å². The van der Waals surface area contributed by atoms with Crippen molar-refractivity contribution in [2.24, 2.45) is 17.8 Å². The highest BCUT2D eigenvalue weighted by Gasteiger charge is 2.51. The van der Waals surface area contributed by atoms with Crippen LogP contribution in [0.25, 0.3) is 0 Å². The molecule has 0 atom stereocenters. The number of hydrogen-bond acceptors (Lipinski definition) is 2. The summed E-state index contributed by atoms with van der Waals surface area (Å²) in [7, 11) is 0. The molecule has 1 amide bonds. The number of ether oxygens (including phenoxy) is 1. The van der Waals surface area contributed by atoms with Crippen LogP contribution in [0.4, 0.5) is 0 Å². The molecule has 1 N–H and O–H groups in total. The van der Waals surface area contributed by atoms with Crippen molar-refractivity contribution in [1.29, 1.82) is 0 Å². The number of amides is 1. The normalized spacial score (nSPS) is 35.4. The van der Waals surface area contributed by atoms with Crippen molar-refractivity contribution in [3.8, 4) is 5.75 Å². The second-order valence-corrected chi connectivity index (χ2v) is 7.66.